The molecule has 0 saturated carbocycles. The quantitative estimate of drug-likeness (QED) is 0.822. The van der Waals surface area contributed by atoms with E-state index in [0.29, 0.717) is 25.8 Å². The van der Waals surface area contributed by atoms with Crippen molar-refractivity contribution in [1.29, 1.82) is 0 Å². The largest absolute Gasteiger partial charge is 0.356 e. The van der Waals surface area contributed by atoms with Crippen molar-refractivity contribution in [1.82, 2.24) is 25.5 Å². The number of hydrogen-bond acceptors (Lipinski definition) is 4. The normalized spacial score (nSPS) is 15.9. The van der Waals surface area contributed by atoms with Crippen molar-refractivity contribution in [2.75, 3.05) is 6.54 Å². The molecule has 6 heteroatoms. The highest BCUT2D eigenvalue weighted by molar-refractivity contribution is 5.76. The zero-order chi connectivity index (χ0) is 18.6. The molecule has 0 unspecified atom stereocenters. The number of fused-ring (bicyclic) bond motifs is 2. The summed E-state index contributed by atoms with van der Waals surface area (Å²) in [6.07, 6.45) is 11.2. The summed E-state index contributed by atoms with van der Waals surface area (Å²) in [6, 6.07) is 0. The Morgan fingerprint density at radius 2 is 1.78 bits per heavy atom. The number of aromatic nitrogens is 4. The molecule has 0 radical (unpaired) electrons. The van der Waals surface area contributed by atoms with Gasteiger partial charge in [0.2, 0.25) is 5.91 Å². The van der Waals surface area contributed by atoms with Gasteiger partial charge in [0.15, 0.2) is 0 Å². The van der Waals surface area contributed by atoms with Gasteiger partial charge in [0.1, 0.15) is 5.82 Å². The third-order valence-corrected chi connectivity index (χ3v) is 5.84. The Morgan fingerprint density at radius 1 is 1.00 bits per heavy atom. The molecule has 2 aromatic rings. The second-order valence-corrected chi connectivity index (χ2v) is 7.79. The molecule has 2 heterocycles. The van der Waals surface area contributed by atoms with Crippen LogP contribution in [0.3, 0.4) is 0 Å². The molecule has 0 atom stereocenters. The number of nitrogens with one attached hydrogen (secondary N) is 2. The van der Waals surface area contributed by atoms with Crippen LogP contribution in [0.15, 0.2) is 0 Å². The van der Waals surface area contributed by atoms with Crippen LogP contribution in [0.4, 0.5) is 0 Å². The molecule has 2 aliphatic rings. The molecule has 0 spiro atoms. The van der Waals surface area contributed by atoms with E-state index in [1.165, 1.54) is 48.2 Å². The Hall–Kier alpha value is -2.24. The number of H-pyrrole nitrogens is 1. The maximum atomic E-state index is 12.2. The Labute approximate surface area is 160 Å². The summed E-state index contributed by atoms with van der Waals surface area (Å²) in [6.45, 7) is 2.67. The van der Waals surface area contributed by atoms with Crippen LogP contribution in [0.25, 0.3) is 0 Å². The van der Waals surface area contributed by atoms with Crippen LogP contribution >= 0.6 is 0 Å². The predicted octanol–water partition coefficient (Wildman–Crippen LogP) is 2.56. The molecule has 4 rings (SSSR count). The Balaban J connectivity index is 1.25. The summed E-state index contributed by atoms with van der Waals surface area (Å²) in [5, 5.41) is 10.6. The van der Waals surface area contributed by atoms with E-state index in [-0.39, 0.29) is 5.91 Å². The lowest BCUT2D eigenvalue weighted by Gasteiger charge is -2.17. The van der Waals surface area contributed by atoms with E-state index in [4.69, 9.17) is 4.98 Å². The molecule has 1 amide bonds. The first-order valence-electron chi connectivity index (χ1n) is 10.4. The number of rotatable bonds is 6. The first-order valence-corrected chi connectivity index (χ1v) is 10.4. The van der Waals surface area contributed by atoms with Crippen molar-refractivity contribution in [3.63, 3.8) is 0 Å². The summed E-state index contributed by atoms with van der Waals surface area (Å²) >= 11 is 0. The average molecular weight is 367 g/mol. The highest BCUT2D eigenvalue weighted by atomic mass is 16.1. The predicted molar refractivity (Wildman–Crippen MR) is 104 cm³/mol. The number of carbonyl (C=O) groups is 1. The molecule has 2 aliphatic carbocycles. The van der Waals surface area contributed by atoms with E-state index < -0.39 is 0 Å². The van der Waals surface area contributed by atoms with Crippen LogP contribution in [-0.4, -0.2) is 32.6 Å². The standard InChI is InChI=1S/C21H29N5O/c1-14-15-6-2-4-8-17(15)24-20(23-14)12-13-22-21(27)11-10-19-16-7-3-5-9-18(16)25-26-19/h2-13H2,1H3,(H,22,27)(H,25,26). The molecule has 0 fully saturated rings. The van der Waals surface area contributed by atoms with Gasteiger partial charge in [-0.2, -0.15) is 5.10 Å². The van der Waals surface area contributed by atoms with Crippen molar-refractivity contribution < 1.29 is 4.79 Å². The van der Waals surface area contributed by atoms with Crippen molar-refractivity contribution in [2.24, 2.45) is 0 Å². The van der Waals surface area contributed by atoms with E-state index in [2.05, 4.69) is 27.4 Å². The number of nitrogens with zero attached hydrogens (tertiary/aromatic N) is 3. The summed E-state index contributed by atoms with van der Waals surface area (Å²) in [4.78, 5) is 21.6. The minimum atomic E-state index is 0.0808. The number of carbonyl (C=O) groups excluding carboxylic acids is 1. The van der Waals surface area contributed by atoms with Gasteiger partial charge < -0.3 is 5.32 Å². The third-order valence-electron chi connectivity index (χ3n) is 5.84. The van der Waals surface area contributed by atoms with Gasteiger partial charge in [-0.15, -0.1) is 0 Å². The van der Waals surface area contributed by atoms with Gasteiger partial charge in [0.05, 0.1) is 5.69 Å². The van der Waals surface area contributed by atoms with Gasteiger partial charge in [-0.1, -0.05) is 0 Å². The van der Waals surface area contributed by atoms with Gasteiger partial charge >= 0.3 is 0 Å². The summed E-state index contributed by atoms with van der Waals surface area (Å²) in [5.74, 6) is 0.937. The van der Waals surface area contributed by atoms with Gasteiger partial charge in [-0.25, -0.2) is 9.97 Å². The molecular formula is C21H29N5O. The summed E-state index contributed by atoms with van der Waals surface area (Å²) in [7, 11) is 0. The number of aromatic amines is 1. The molecule has 144 valence electrons. The maximum Gasteiger partial charge on any atom is 0.220 e. The van der Waals surface area contributed by atoms with E-state index in [0.717, 1.165) is 42.9 Å². The van der Waals surface area contributed by atoms with Crippen LogP contribution in [0, 0.1) is 6.92 Å². The number of aryl methyl sites for hydroxylation is 4. The second kappa shape index (κ2) is 8.19. The fraction of sp³-hybridized carbons (Fsp3) is 0.619. The Kier molecular flexibility index (Phi) is 5.50. The smallest absolute Gasteiger partial charge is 0.220 e. The lowest BCUT2D eigenvalue weighted by atomic mass is 9.94. The topological polar surface area (TPSA) is 83.6 Å². The van der Waals surface area contributed by atoms with Gasteiger partial charge in [-0.3, -0.25) is 9.89 Å². The maximum absolute atomic E-state index is 12.2. The van der Waals surface area contributed by atoms with Crippen molar-refractivity contribution >= 4 is 5.91 Å². The molecule has 0 bridgehead atoms. The van der Waals surface area contributed by atoms with Crippen LogP contribution in [0.5, 0.6) is 0 Å². The van der Waals surface area contributed by atoms with Gasteiger partial charge in [0.25, 0.3) is 0 Å². The van der Waals surface area contributed by atoms with Crippen molar-refractivity contribution in [3.8, 4) is 0 Å². The summed E-state index contributed by atoms with van der Waals surface area (Å²) < 4.78 is 0. The van der Waals surface area contributed by atoms with Crippen LogP contribution < -0.4 is 5.32 Å². The third kappa shape index (κ3) is 4.20. The van der Waals surface area contributed by atoms with Crippen molar-refractivity contribution in [3.05, 3.63) is 39.7 Å². The first kappa shape index (κ1) is 18.1. The average Bonchev–Trinajstić information content (AvgIpc) is 3.10. The Bertz CT molecular complexity index is 826. The highest BCUT2D eigenvalue weighted by Crippen LogP contribution is 2.23. The molecular weight excluding hydrogens is 338 g/mol. The lowest BCUT2D eigenvalue weighted by molar-refractivity contribution is -0.121. The van der Waals surface area contributed by atoms with Gasteiger partial charge in [-0.05, 0) is 69.4 Å². The number of amides is 1. The first-order chi connectivity index (χ1) is 13.2. The molecule has 2 aromatic heterocycles. The fourth-order valence-electron chi connectivity index (χ4n) is 4.35. The van der Waals surface area contributed by atoms with Crippen molar-refractivity contribution in [2.45, 2.75) is 77.6 Å². The SMILES string of the molecule is Cc1nc(CCNC(=O)CCc2n[nH]c3c2CCCC3)nc2c1CCCC2. The van der Waals surface area contributed by atoms with Crippen LogP contribution in [0.1, 0.15) is 71.8 Å². The zero-order valence-corrected chi connectivity index (χ0v) is 16.2. The summed E-state index contributed by atoms with van der Waals surface area (Å²) in [5.41, 5.74) is 7.39. The molecule has 2 N–H and O–H groups in total. The number of hydrogen-bond donors (Lipinski definition) is 2. The highest BCUT2D eigenvalue weighted by Gasteiger charge is 2.18. The van der Waals surface area contributed by atoms with Gasteiger partial charge in [0, 0.05) is 42.9 Å². The molecule has 6 nitrogen and oxygen atoms in total. The fourth-order valence-corrected chi connectivity index (χ4v) is 4.35. The molecule has 0 saturated heterocycles. The minimum absolute atomic E-state index is 0.0808. The van der Waals surface area contributed by atoms with Crippen LogP contribution in [0.2, 0.25) is 0 Å². The molecule has 0 aromatic carbocycles. The van der Waals surface area contributed by atoms with E-state index in [9.17, 15) is 4.79 Å². The van der Waals surface area contributed by atoms with E-state index in [1.807, 2.05) is 0 Å². The molecule has 0 aliphatic heterocycles. The minimum Gasteiger partial charge on any atom is -0.356 e. The van der Waals surface area contributed by atoms with E-state index in [1.54, 1.807) is 0 Å². The van der Waals surface area contributed by atoms with Crippen LogP contribution in [-0.2, 0) is 43.3 Å². The molecule has 27 heavy (non-hydrogen) atoms. The monoisotopic (exact) mass is 367 g/mol. The zero-order valence-electron chi connectivity index (χ0n) is 16.2. The Morgan fingerprint density at radius 3 is 2.67 bits per heavy atom. The lowest BCUT2D eigenvalue weighted by Crippen LogP contribution is -2.27. The van der Waals surface area contributed by atoms with E-state index >= 15 is 0 Å². The second-order valence-electron chi connectivity index (χ2n) is 7.79.